The maximum absolute atomic E-state index is 2.20. The molecule has 12 heavy (non-hydrogen) atoms. The summed E-state index contributed by atoms with van der Waals surface area (Å²) in [6, 6.07) is 10.5. The molecule has 0 heterocycles. The molecule has 0 nitrogen and oxygen atoms in total. The van der Waals surface area contributed by atoms with E-state index in [2.05, 4.69) is 38.1 Å². The van der Waals surface area contributed by atoms with Gasteiger partial charge in [0.15, 0.2) is 0 Å². The van der Waals surface area contributed by atoms with E-state index >= 15 is 0 Å². The molecule has 0 saturated heterocycles. The molecule has 0 atom stereocenters. The predicted octanol–water partition coefficient (Wildman–Crippen LogP) is 4.47. The molecule has 0 aromatic heterocycles. The molecule has 0 N–H and O–H groups in total. The Hall–Kier alpha value is -0.780. The maximum atomic E-state index is 2.20. The van der Waals surface area contributed by atoms with E-state index in [0.29, 0.717) is 5.92 Å². The third-order valence-electron chi connectivity index (χ3n) is 1.47. The second-order valence-electron chi connectivity index (χ2n) is 2.57. The van der Waals surface area contributed by atoms with Crippen molar-refractivity contribution in [1.82, 2.24) is 0 Å². The fraction of sp³-hybridized carbons (Fsp3) is 0.500. The summed E-state index contributed by atoms with van der Waals surface area (Å²) in [6.45, 7) is 8.41. The third-order valence-corrected chi connectivity index (χ3v) is 1.47. The Morgan fingerprint density at radius 1 is 0.917 bits per heavy atom. The first-order valence-electron chi connectivity index (χ1n) is 4.35. The number of rotatable bonds is 1. The van der Waals surface area contributed by atoms with E-state index in [1.54, 1.807) is 0 Å². The molecule has 0 heteroatoms. The molecule has 0 unspecified atom stereocenters. The lowest BCUT2D eigenvalue weighted by Gasteiger charge is -2.01. The zero-order valence-corrected chi connectivity index (χ0v) is 7.96. The van der Waals surface area contributed by atoms with Crippen molar-refractivity contribution in [1.29, 1.82) is 0 Å². The lowest BCUT2D eigenvalue weighted by molar-refractivity contribution is 0.867. The van der Waals surface area contributed by atoms with Gasteiger partial charge < -0.3 is 0 Å². The number of benzene rings is 1. The molecule has 1 aromatic rings. The van der Waals surface area contributed by atoms with Gasteiger partial charge in [-0.1, -0.05) is 65.5 Å². The van der Waals surface area contributed by atoms with Crippen molar-refractivity contribution in [3.05, 3.63) is 35.9 Å². The van der Waals surface area contributed by atoms with E-state index in [1.165, 1.54) is 5.56 Å². The normalized spacial score (nSPS) is 8.08. The van der Waals surface area contributed by atoms with Crippen molar-refractivity contribution in [2.45, 2.75) is 41.0 Å². The molecular formula is C12H22. The van der Waals surface area contributed by atoms with Crippen LogP contribution in [-0.2, 0) is 0 Å². The van der Waals surface area contributed by atoms with Crippen LogP contribution in [0, 0.1) is 0 Å². The van der Waals surface area contributed by atoms with Crippen molar-refractivity contribution in [3.63, 3.8) is 0 Å². The van der Waals surface area contributed by atoms with E-state index in [-0.39, 0.29) is 7.43 Å². The highest BCUT2D eigenvalue weighted by Crippen LogP contribution is 2.11. The van der Waals surface area contributed by atoms with E-state index < -0.39 is 0 Å². The summed E-state index contributed by atoms with van der Waals surface area (Å²) in [5.74, 6) is 0.659. The molecule has 1 aromatic carbocycles. The van der Waals surface area contributed by atoms with Crippen LogP contribution >= 0.6 is 0 Å². The van der Waals surface area contributed by atoms with Crippen LogP contribution in [0.3, 0.4) is 0 Å². The van der Waals surface area contributed by atoms with Gasteiger partial charge in [-0.05, 0) is 11.5 Å². The molecule has 0 aliphatic heterocycles. The summed E-state index contributed by atoms with van der Waals surface area (Å²) < 4.78 is 0. The maximum Gasteiger partial charge on any atom is -0.0219 e. The molecule has 0 amide bonds. The zero-order chi connectivity index (χ0) is 8.69. The van der Waals surface area contributed by atoms with Gasteiger partial charge in [0.2, 0.25) is 0 Å². The summed E-state index contributed by atoms with van der Waals surface area (Å²) in [7, 11) is 0. The average Bonchev–Trinajstić information content (AvgIpc) is 2.10. The summed E-state index contributed by atoms with van der Waals surface area (Å²) in [6.07, 6.45) is 0. The van der Waals surface area contributed by atoms with E-state index in [4.69, 9.17) is 0 Å². The van der Waals surface area contributed by atoms with Gasteiger partial charge in [-0.15, -0.1) is 0 Å². The largest absolute Gasteiger partial charge is 0.0776 e. The Morgan fingerprint density at radius 2 is 1.33 bits per heavy atom. The Labute approximate surface area is 77.6 Å². The van der Waals surface area contributed by atoms with Crippen LogP contribution in [0.4, 0.5) is 0 Å². The third kappa shape index (κ3) is 4.95. The molecule has 0 aliphatic rings. The fourth-order valence-electron chi connectivity index (χ4n) is 0.838. The summed E-state index contributed by atoms with van der Waals surface area (Å²) >= 11 is 0. The standard InChI is InChI=1S/C9H12.C2H6.CH4/c1-8(2)9-6-4-3-5-7-9;1-2;/h3-8H,1-2H3;1-2H3;1H4. The molecule has 0 fully saturated rings. The van der Waals surface area contributed by atoms with Gasteiger partial charge in [-0.25, -0.2) is 0 Å². The quantitative estimate of drug-likeness (QED) is 0.577. The van der Waals surface area contributed by atoms with Gasteiger partial charge in [-0.3, -0.25) is 0 Å². The number of hydrogen-bond donors (Lipinski definition) is 0. The van der Waals surface area contributed by atoms with Gasteiger partial charge >= 0.3 is 0 Å². The monoisotopic (exact) mass is 166 g/mol. The molecule has 0 bridgehead atoms. The predicted molar refractivity (Wildman–Crippen MR) is 58.6 cm³/mol. The van der Waals surface area contributed by atoms with Crippen LogP contribution in [0.25, 0.3) is 0 Å². The number of hydrogen-bond acceptors (Lipinski definition) is 0. The van der Waals surface area contributed by atoms with Crippen LogP contribution in [-0.4, -0.2) is 0 Å². The van der Waals surface area contributed by atoms with Gasteiger partial charge in [0.05, 0.1) is 0 Å². The molecule has 0 radical (unpaired) electrons. The van der Waals surface area contributed by atoms with Gasteiger partial charge in [-0.2, -0.15) is 0 Å². The summed E-state index contributed by atoms with van der Waals surface area (Å²) in [4.78, 5) is 0. The smallest absolute Gasteiger partial charge is 0.0219 e. The van der Waals surface area contributed by atoms with Gasteiger partial charge in [0.1, 0.15) is 0 Å². The first kappa shape index (κ1) is 13.8. The van der Waals surface area contributed by atoms with Gasteiger partial charge in [0, 0.05) is 0 Å². The lowest BCUT2D eigenvalue weighted by atomic mass is 10.0. The molecule has 70 valence electrons. The molecular weight excluding hydrogens is 144 g/mol. The average molecular weight is 166 g/mol. The van der Waals surface area contributed by atoms with Crippen molar-refractivity contribution < 1.29 is 0 Å². The Morgan fingerprint density at radius 3 is 1.58 bits per heavy atom. The Balaban J connectivity index is 0. The minimum Gasteiger partial charge on any atom is -0.0776 e. The van der Waals surface area contributed by atoms with Crippen LogP contribution in [0.5, 0.6) is 0 Å². The highest BCUT2D eigenvalue weighted by Gasteiger charge is 1.93. The van der Waals surface area contributed by atoms with E-state index in [9.17, 15) is 0 Å². The molecule has 0 spiro atoms. The first-order valence-corrected chi connectivity index (χ1v) is 4.35. The van der Waals surface area contributed by atoms with Crippen LogP contribution in [0.2, 0.25) is 0 Å². The SMILES string of the molecule is C.CC.CC(C)c1ccccc1. The topological polar surface area (TPSA) is 0 Å². The van der Waals surface area contributed by atoms with Crippen LogP contribution in [0.1, 0.15) is 46.6 Å². The van der Waals surface area contributed by atoms with Crippen LogP contribution in [0.15, 0.2) is 30.3 Å². The van der Waals surface area contributed by atoms with Crippen molar-refractivity contribution in [3.8, 4) is 0 Å². The second kappa shape index (κ2) is 8.32. The Bertz CT molecular complexity index is 163. The fourth-order valence-corrected chi connectivity index (χ4v) is 0.838. The highest BCUT2D eigenvalue weighted by atomic mass is 14.0. The van der Waals surface area contributed by atoms with Crippen LogP contribution < -0.4 is 0 Å². The van der Waals surface area contributed by atoms with E-state index in [1.807, 2.05) is 19.9 Å². The first-order chi connectivity index (χ1) is 5.30. The highest BCUT2D eigenvalue weighted by molar-refractivity contribution is 5.17. The lowest BCUT2D eigenvalue weighted by Crippen LogP contribution is -1.83. The van der Waals surface area contributed by atoms with Gasteiger partial charge in [0.25, 0.3) is 0 Å². The minimum absolute atomic E-state index is 0. The minimum atomic E-state index is 0. The second-order valence-corrected chi connectivity index (χ2v) is 2.57. The summed E-state index contributed by atoms with van der Waals surface area (Å²) in [5, 5.41) is 0. The zero-order valence-electron chi connectivity index (χ0n) is 7.96. The molecule has 0 saturated carbocycles. The molecule has 0 aliphatic carbocycles. The Kier molecular flexibility index (Phi) is 9.56. The summed E-state index contributed by atoms with van der Waals surface area (Å²) in [5.41, 5.74) is 1.41. The van der Waals surface area contributed by atoms with E-state index in [0.717, 1.165) is 0 Å². The van der Waals surface area contributed by atoms with Crippen molar-refractivity contribution in [2.24, 2.45) is 0 Å². The van der Waals surface area contributed by atoms with Crippen molar-refractivity contribution in [2.75, 3.05) is 0 Å². The molecule has 1 rings (SSSR count). The van der Waals surface area contributed by atoms with Crippen molar-refractivity contribution >= 4 is 0 Å².